The Morgan fingerprint density at radius 2 is 1.78 bits per heavy atom. The zero-order valence-corrected chi connectivity index (χ0v) is 12.9. The number of aliphatic hydroxyl groups is 1. The van der Waals surface area contributed by atoms with Crippen molar-refractivity contribution >= 4 is 39.6 Å². The first kappa shape index (κ1) is 14.8. The van der Waals surface area contributed by atoms with Crippen molar-refractivity contribution in [3.63, 3.8) is 0 Å². The highest BCUT2D eigenvalue weighted by Gasteiger charge is 2.16. The van der Waals surface area contributed by atoms with E-state index < -0.39 is 0 Å². The molecule has 1 heterocycles. The molecule has 112 valence electrons. The number of thiocarbonyl (C=S) groups is 1. The van der Waals surface area contributed by atoms with Crippen molar-refractivity contribution in [3.05, 3.63) is 71.9 Å². The highest BCUT2D eigenvalue weighted by Crippen LogP contribution is 2.26. The Kier molecular flexibility index (Phi) is 4.09. The fourth-order valence-electron chi connectivity index (χ4n) is 2.33. The van der Waals surface area contributed by atoms with E-state index >= 15 is 0 Å². The Labute approximate surface area is 138 Å². The molecule has 0 saturated carbocycles. The number of para-hydroxylation sites is 2. The summed E-state index contributed by atoms with van der Waals surface area (Å²) in [5, 5.41) is 23.7. The molecular weight excluding hydrogens is 306 g/mol. The molecule has 0 aliphatic heterocycles. The molecular formula is C18H13N3OS. The van der Waals surface area contributed by atoms with Gasteiger partial charge >= 0.3 is 0 Å². The third-order valence-corrected chi connectivity index (χ3v) is 3.76. The number of aromatic nitrogens is 1. The van der Waals surface area contributed by atoms with Crippen molar-refractivity contribution in [2.75, 3.05) is 5.32 Å². The van der Waals surface area contributed by atoms with Crippen molar-refractivity contribution in [1.82, 2.24) is 4.98 Å². The van der Waals surface area contributed by atoms with Crippen LogP contribution in [0.25, 0.3) is 16.7 Å². The minimum absolute atomic E-state index is 0.0357. The van der Waals surface area contributed by atoms with E-state index in [0.29, 0.717) is 5.56 Å². The summed E-state index contributed by atoms with van der Waals surface area (Å²) >= 11 is 5.27. The van der Waals surface area contributed by atoms with Crippen molar-refractivity contribution in [2.45, 2.75) is 0 Å². The largest absolute Gasteiger partial charge is 0.506 e. The Bertz CT molecular complexity index is 936. The standard InChI is InChI=1S/C18H13N3OS/c19-10-14(18(23)21-12-6-2-1-3-7-12)17(22)15-11-20-16-9-5-4-8-13(15)16/h1-9,11,20,22H,(H,21,23)/b17-14+. The molecule has 2 aromatic carbocycles. The maximum atomic E-state index is 10.5. The topological polar surface area (TPSA) is 71.8 Å². The van der Waals surface area contributed by atoms with Gasteiger partial charge in [-0.3, -0.25) is 0 Å². The van der Waals surface area contributed by atoms with Gasteiger partial charge in [0.1, 0.15) is 22.4 Å². The molecule has 0 saturated heterocycles. The molecule has 0 amide bonds. The first-order valence-corrected chi connectivity index (χ1v) is 7.37. The SMILES string of the molecule is N#C/C(C(=S)Nc1ccccc1)=C(\O)c1c[nH]c2ccccc12. The van der Waals surface area contributed by atoms with Crippen LogP contribution >= 0.6 is 12.2 Å². The van der Waals surface area contributed by atoms with Gasteiger partial charge in [0, 0.05) is 28.4 Å². The molecule has 3 N–H and O–H groups in total. The van der Waals surface area contributed by atoms with Crippen LogP contribution in [0.5, 0.6) is 0 Å². The number of nitrogens with zero attached hydrogens (tertiary/aromatic N) is 1. The van der Waals surface area contributed by atoms with Gasteiger partial charge < -0.3 is 15.4 Å². The van der Waals surface area contributed by atoms with Crippen LogP contribution in [0.4, 0.5) is 5.69 Å². The second-order valence-corrected chi connectivity index (χ2v) is 5.31. The maximum Gasteiger partial charge on any atom is 0.145 e. The van der Waals surface area contributed by atoms with E-state index in [1.807, 2.05) is 60.7 Å². The molecule has 0 fully saturated rings. The van der Waals surface area contributed by atoms with Crippen LogP contribution in [-0.2, 0) is 0 Å². The summed E-state index contributed by atoms with van der Waals surface area (Å²) in [7, 11) is 0. The monoisotopic (exact) mass is 319 g/mol. The zero-order valence-electron chi connectivity index (χ0n) is 12.1. The average Bonchev–Trinajstić information content (AvgIpc) is 3.00. The second kappa shape index (κ2) is 6.34. The van der Waals surface area contributed by atoms with Crippen LogP contribution in [0.2, 0.25) is 0 Å². The van der Waals surface area contributed by atoms with E-state index in [9.17, 15) is 10.4 Å². The fraction of sp³-hybridized carbons (Fsp3) is 0. The third kappa shape index (κ3) is 2.93. The van der Waals surface area contributed by atoms with Crippen molar-refractivity contribution in [3.8, 4) is 6.07 Å². The fourth-order valence-corrected chi connectivity index (χ4v) is 2.59. The molecule has 0 aliphatic carbocycles. The van der Waals surface area contributed by atoms with Gasteiger partial charge in [0.2, 0.25) is 0 Å². The molecule has 0 spiro atoms. The number of benzene rings is 2. The van der Waals surface area contributed by atoms with Crippen LogP contribution < -0.4 is 5.32 Å². The summed E-state index contributed by atoms with van der Waals surface area (Å²) in [4.78, 5) is 3.25. The predicted octanol–water partition coefficient (Wildman–Crippen LogP) is 4.40. The Morgan fingerprint density at radius 1 is 1.09 bits per heavy atom. The Hall–Kier alpha value is -3.10. The number of H-pyrrole nitrogens is 1. The summed E-state index contributed by atoms with van der Waals surface area (Å²) in [5.74, 6) is -0.140. The van der Waals surface area contributed by atoms with Gasteiger partial charge in [-0.2, -0.15) is 5.26 Å². The van der Waals surface area contributed by atoms with Crippen molar-refractivity contribution in [2.24, 2.45) is 0 Å². The molecule has 23 heavy (non-hydrogen) atoms. The molecule has 0 radical (unpaired) electrons. The number of nitrogens with one attached hydrogen (secondary N) is 2. The molecule has 4 nitrogen and oxygen atoms in total. The highest BCUT2D eigenvalue weighted by atomic mass is 32.1. The van der Waals surface area contributed by atoms with Crippen LogP contribution in [0, 0.1) is 11.3 Å². The summed E-state index contributed by atoms with van der Waals surface area (Å²) in [6, 6.07) is 18.8. The molecule has 0 unspecified atom stereocenters. The van der Waals surface area contributed by atoms with Gasteiger partial charge in [0.05, 0.1) is 0 Å². The first-order valence-electron chi connectivity index (χ1n) is 6.97. The molecule has 0 aliphatic rings. The van der Waals surface area contributed by atoms with Crippen molar-refractivity contribution in [1.29, 1.82) is 5.26 Å². The zero-order chi connectivity index (χ0) is 16.2. The van der Waals surface area contributed by atoms with Gasteiger partial charge in [-0.25, -0.2) is 0 Å². The highest BCUT2D eigenvalue weighted by molar-refractivity contribution is 7.81. The minimum atomic E-state index is -0.140. The van der Waals surface area contributed by atoms with Gasteiger partial charge in [0.25, 0.3) is 0 Å². The maximum absolute atomic E-state index is 10.5. The Balaban J connectivity index is 1.99. The van der Waals surface area contributed by atoms with Crippen LogP contribution in [-0.4, -0.2) is 15.1 Å². The number of fused-ring (bicyclic) bond motifs is 1. The van der Waals surface area contributed by atoms with Gasteiger partial charge in [0.15, 0.2) is 0 Å². The summed E-state index contributed by atoms with van der Waals surface area (Å²) < 4.78 is 0. The van der Waals surface area contributed by atoms with Crippen LogP contribution in [0.15, 0.2) is 66.4 Å². The second-order valence-electron chi connectivity index (χ2n) is 4.90. The molecule has 1 aromatic heterocycles. The number of rotatable bonds is 3. The molecule has 0 atom stereocenters. The number of anilines is 1. The van der Waals surface area contributed by atoms with Gasteiger partial charge in [-0.05, 0) is 18.2 Å². The van der Waals surface area contributed by atoms with E-state index in [-0.39, 0.29) is 16.3 Å². The van der Waals surface area contributed by atoms with Crippen LogP contribution in [0.1, 0.15) is 5.56 Å². The lowest BCUT2D eigenvalue weighted by Crippen LogP contribution is -2.12. The number of aromatic amines is 1. The van der Waals surface area contributed by atoms with Crippen molar-refractivity contribution < 1.29 is 5.11 Å². The molecule has 5 heteroatoms. The summed E-state index contributed by atoms with van der Waals surface area (Å²) in [5.41, 5.74) is 2.23. The summed E-state index contributed by atoms with van der Waals surface area (Å²) in [6.45, 7) is 0. The van der Waals surface area contributed by atoms with Crippen LogP contribution in [0.3, 0.4) is 0 Å². The number of nitriles is 1. The Morgan fingerprint density at radius 3 is 2.52 bits per heavy atom. The molecule has 3 rings (SSSR count). The minimum Gasteiger partial charge on any atom is -0.506 e. The molecule has 3 aromatic rings. The van der Waals surface area contributed by atoms with E-state index in [4.69, 9.17) is 12.2 Å². The number of hydrogen-bond acceptors (Lipinski definition) is 3. The lowest BCUT2D eigenvalue weighted by molar-refractivity contribution is 0.511. The quantitative estimate of drug-likeness (QED) is 0.289. The van der Waals surface area contributed by atoms with E-state index in [2.05, 4.69) is 10.3 Å². The van der Waals surface area contributed by atoms with E-state index in [1.54, 1.807) is 6.20 Å². The normalized spacial score (nSPS) is 11.6. The lowest BCUT2D eigenvalue weighted by atomic mass is 10.1. The lowest BCUT2D eigenvalue weighted by Gasteiger charge is -2.08. The van der Waals surface area contributed by atoms with Gasteiger partial charge in [-0.15, -0.1) is 0 Å². The third-order valence-electron chi connectivity index (χ3n) is 3.45. The number of hydrogen-bond donors (Lipinski definition) is 3. The van der Waals surface area contributed by atoms with Gasteiger partial charge in [-0.1, -0.05) is 48.6 Å². The first-order chi connectivity index (χ1) is 11.2. The molecule has 0 bridgehead atoms. The smallest absolute Gasteiger partial charge is 0.145 e. The van der Waals surface area contributed by atoms with E-state index in [1.165, 1.54) is 0 Å². The average molecular weight is 319 g/mol. The summed E-state index contributed by atoms with van der Waals surface area (Å²) in [6.07, 6.45) is 1.67. The van der Waals surface area contributed by atoms with E-state index in [0.717, 1.165) is 16.6 Å². The predicted molar refractivity (Wildman–Crippen MR) is 96.1 cm³/mol. The number of aliphatic hydroxyl groups excluding tert-OH is 1.